The number of amides is 1. The molecule has 0 saturated heterocycles. The summed E-state index contributed by atoms with van der Waals surface area (Å²) in [6.07, 6.45) is -1.56. The van der Waals surface area contributed by atoms with E-state index in [0.29, 0.717) is 0 Å². The number of methoxy groups -OCH3 is 2. The number of hydrogen-bond acceptors (Lipinski definition) is 6. The highest BCUT2D eigenvalue weighted by Crippen LogP contribution is 2.06. The molecular formula is C11H21NO6. The summed E-state index contributed by atoms with van der Waals surface area (Å²) in [7, 11) is 2.66. The van der Waals surface area contributed by atoms with Crippen LogP contribution in [-0.4, -0.2) is 51.3 Å². The molecule has 18 heavy (non-hydrogen) atoms. The second-order valence-electron chi connectivity index (χ2n) is 4.47. The number of carbonyl (C=O) groups is 2. The molecule has 1 atom stereocenters. The summed E-state index contributed by atoms with van der Waals surface area (Å²) in [5, 5.41) is 2.42. The quantitative estimate of drug-likeness (QED) is 0.560. The van der Waals surface area contributed by atoms with Gasteiger partial charge in [0.1, 0.15) is 12.4 Å². The molecule has 0 aliphatic rings. The average Bonchev–Trinajstić information content (AvgIpc) is 2.26. The normalized spacial score (nSPS) is 12.7. The van der Waals surface area contributed by atoms with Crippen LogP contribution < -0.4 is 5.32 Å². The minimum Gasteiger partial charge on any atom is -0.467 e. The van der Waals surface area contributed by atoms with Crippen LogP contribution in [0, 0.1) is 0 Å². The van der Waals surface area contributed by atoms with Gasteiger partial charge in [0, 0.05) is 7.11 Å². The molecule has 0 aromatic carbocycles. The van der Waals surface area contributed by atoms with Gasteiger partial charge in [0.25, 0.3) is 0 Å². The monoisotopic (exact) mass is 263 g/mol. The molecule has 0 unspecified atom stereocenters. The fourth-order valence-corrected chi connectivity index (χ4v) is 0.982. The zero-order valence-electron chi connectivity index (χ0n) is 11.4. The summed E-state index contributed by atoms with van der Waals surface area (Å²) < 4.78 is 19.3. The molecular weight excluding hydrogens is 242 g/mol. The van der Waals surface area contributed by atoms with Gasteiger partial charge in [0.15, 0.2) is 6.10 Å². The SMILES string of the molecule is COCO[C@H](CNC(=O)OC(C)(C)C)C(=O)OC. The summed E-state index contributed by atoms with van der Waals surface area (Å²) in [5.74, 6) is -0.594. The number of carbonyl (C=O) groups excluding carboxylic acids is 2. The molecule has 0 fully saturated rings. The molecule has 0 bridgehead atoms. The Labute approximate surface area is 107 Å². The lowest BCUT2D eigenvalue weighted by molar-refractivity contribution is -0.161. The Bertz CT molecular complexity index is 273. The van der Waals surface area contributed by atoms with E-state index in [9.17, 15) is 9.59 Å². The number of hydrogen-bond donors (Lipinski definition) is 1. The largest absolute Gasteiger partial charge is 0.467 e. The van der Waals surface area contributed by atoms with Crippen LogP contribution in [0.4, 0.5) is 4.79 Å². The molecule has 106 valence electrons. The van der Waals surface area contributed by atoms with Crippen molar-refractivity contribution in [1.29, 1.82) is 0 Å². The minimum atomic E-state index is -0.928. The summed E-state index contributed by atoms with van der Waals surface area (Å²) in [6, 6.07) is 0. The van der Waals surface area contributed by atoms with Crippen LogP contribution >= 0.6 is 0 Å². The van der Waals surface area contributed by atoms with Crippen LogP contribution in [0.2, 0.25) is 0 Å². The number of alkyl carbamates (subject to hydrolysis) is 1. The van der Waals surface area contributed by atoms with E-state index in [0.717, 1.165) is 0 Å². The van der Waals surface area contributed by atoms with Crippen molar-refractivity contribution in [3.8, 4) is 0 Å². The van der Waals surface area contributed by atoms with E-state index in [1.54, 1.807) is 20.8 Å². The van der Waals surface area contributed by atoms with E-state index >= 15 is 0 Å². The van der Waals surface area contributed by atoms with E-state index < -0.39 is 23.8 Å². The number of nitrogens with one attached hydrogen (secondary N) is 1. The van der Waals surface area contributed by atoms with Gasteiger partial charge >= 0.3 is 12.1 Å². The van der Waals surface area contributed by atoms with Crippen molar-refractivity contribution in [2.24, 2.45) is 0 Å². The Kier molecular flexibility index (Phi) is 7.30. The Morgan fingerprint density at radius 2 is 1.83 bits per heavy atom. The van der Waals surface area contributed by atoms with Crippen molar-refractivity contribution >= 4 is 12.1 Å². The zero-order valence-corrected chi connectivity index (χ0v) is 11.4. The van der Waals surface area contributed by atoms with Gasteiger partial charge in [-0.3, -0.25) is 0 Å². The van der Waals surface area contributed by atoms with Gasteiger partial charge in [-0.05, 0) is 20.8 Å². The lowest BCUT2D eigenvalue weighted by atomic mass is 10.2. The Hall–Kier alpha value is -1.34. The molecule has 0 aromatic rings. The Balaban J connectivity index is 4.17. The molecule has 0 aliphatic heterocycles. The second-order valence-corrected chi connectivity index (χ2v) is 4.47. The Morgan fingerprint density at radius 3 is 2.28 bits per heavy atom. The third-order valence-corrected chi connectivity index (χ3v) is 1.68. The van der Waals surface area contributed by atoms with Crippen LogP contribution in [0.15, 0.2) is 0 Å². The lowest BCUT2D eigenvalue weighted by Crippen LogP contribution is -2.41. The standard InChI is InChI=1S/C11H21NO6/c1-11(2,3)18-10(14)12-6-8(9(13)16-5)17-7-15-4/h8H,6-7H2,1-5H3,(H,12,14)/t8-/m1/s1. The van der Waals surface area contributed by atoms with Gasteiger partial charge in [-0.1, -0.05) is 0 Å². The molecule has 0 aromatic heterocycles. The van der Waals surface area contributed by atoms with Gasteiger partial charge < -0.3 is 24.3 Å². The van der Waals surface area contributed by atoms with Gasteiger partial charge in [0.05, 0.1) is 13.7 Å². The van der Waals surface area contributed by atoms with Gasteiger partial charge in [0.2, 0.25) is 0 Å². The van der Waals surface area contributed by atoms with Crippen molar-refractivity contribution in [2.45, 2.75) is 32.5 Å². The highest BCUT2D eigenvalue weighted by Gasteiger charge is 2.22. The molecule has 0 heterocycles. The maximum Gasteiger partial charge on any atom is 0.407 e. The first-order chi connectivity index (χ1) is 8.30. The molecule has 0 saturated carbocycles. The molecule has 0 aliphatic carbocycles. The van der Waals surface area contributed by atoms with Gasteiger partial charge in [-0.15, -0.1) is 0 Å². The Morgan fingerprint density at radius 1 is 1.22 bits per heavy atom. The third kappa shape index (κ3) is 7.86. The lowest BCUT2D eigenvalue weighted by Gasteiger charge is -2.21. The van der Waals surface area contributed by atoms with Crippen molar-refractivity contribution in [3.63, 3.8) is 0 Å². The van der Waals surface area contributed by atoms with E-state index in [2.05, 4.69) is 14.8 Å². The zero-order chi connectivity index (χ0) is 14.2. The second kappa shape index (κ2) is 7.88. The maximum absolute atomic E-state index is 11.4. The smallest absolute Gasteiger partial charge is 0.407 e. The summed E-state index contributed by atoms with van der Waals surface area (Å²) in [4.78, 5) is 22.7. The predicted molar refractivity (Wildman–Crippen MR) is 63.0 cm³/mol. The first-order valence-electron chi connectivity index (χ1n) is 5.45. The van der Waals surface area contributed by atoms with E-state index in [1.165, 1.54) is 14.2 Å². The number of ether oxygens (including phenoxy) is 4. The molecule has 0 spiro atoms. The summed E-state index contributed by atoms with van der Waals surface area (Å²) in [5.41, 5.74) is -0.599. The summed E-state index contributed by atoms with van der Waals surface area (Å²) in [6.45, 7) is 5.10. The van der Waals surface area contributed by atoms with Crippen LogP contribution in [0.5, 0.6) is 0 Å². The van der Waals surface area contributed by atoms with Crippen LogP contribution in [0.3, 0.4) is 0 Å². The molecule has 1 N–H and O–H groups in total. The fourth-order valence-electron chi connectivity index (χ4n) is 0.982. The maximum atomic E-state index is 11.4. The average molecular weight is 263 g/mol. The molecule has 7 heteroatoms. The van der Waals surface area contributed by atoms with Gasteiger partial charge in [-0.2, -0.15) is 0 Å². The predicted octanol–water partition coefficient (Wildman–Crippen LogP) is 0.673. The van der Waals surface area contributed by atoms with Crippen LogP contribution in [0.1, 0.15) is 20.8 Å². The first kappa shape index (κ1) is 16.7. The van der Waals surface area contributed by atoms with Crippen molar-refractivity contribution in [3.05, 3.63) is 0 Å². The van der Waals surface area contributed by atoms with E-state index in [4.69, 9.17) is 9.47 Å². The minimum absolute atomic E-state index is 0.0506. The topological polar surface area (TPSA) is 83.1 Å². The number of rotatable bonds is 6. The highest BCUT2D eigenvalue weighted by molar-refractivity contribution is 5.76. The van der Waals surface area contributed by atoms with Gasteiger partial charge in [-0.25, -0.2) is 9.59 Å². The van der Waals surface area contributed by atoms with Crippen molar-refractivity contribution in [2.75, 3.05) is 27.6 Å². The van der Waals surface area contributed by atoms with E-state index in [-0.39, 0.29) is 13.3 Å². The van der Waals surface area contributed by atoms with Crippen LogP contribution in [-0.2, 0) is 23.7 Å². The molecule has 1 amide bonds. The van der Waals surface area contributed by atoms with Crippen LogP contribution in [0.25, 0.3) is 0 Å². The van der Waals surface area contributed by atoms with Crippen molar-refractivity contribution in [1.82, 2.24) is 5.32 Å². The van der Waals surface area contributed by atoms with E-state index in [1.807, 2.05) is 0 Å². The molecule has 0 rings (SSSR count). The van der Waals surface area contributed by atoms with Crippen molar-refractivity contribution < 1.29 is 28.5 Å². The first-order valence-corrected chi connectivity index (χ1v) is 5.45. The summed E-state index contributed by atoms with van der Waals surface area (Å²) >= 11 is 0. The highest BCUT2D eigenvalue weighted by atomic mass is 16.7. The third-order valence-electron chi connectivity index (χ3n) is 1.68. The number of esters is 1. The molecule has 0 radical (unpaired) electrons. The fraction of sp³-hybridized carbons (Fsp3) is 0.818. The molecule has 7 nitrogen and oxygen atoms in total.